The Hall–Kier alpha value is -4.12. The van der Waals surface area contributed by atoms with E-state index >= 15 is 0 Å². The van der Waals surface area contributed by atoms with Gasteiger partial charge in [-0.2, -0.15) is 14.6 Å². The molecular formula is C26H28N10O4S2. The van der Waals surface area contributed by atoms with E-state index in [9.17, 15) is 9.59 Å². The SMILES string of the molecule is NC(=O)c1c(Nc2ncc(-c3coc4c(=O)cc(N5CCOCC5)sc34)s2)nc(N[C@H]2CCCC[C@H]2N)n2ncnc12. The van der Waals surface area contributed by atoms with Crippen LogP contribution in [0.2, 0.25) is 0 Å². The quantitative estimate of drug-likeness (QED) is 0.212. The molecule has 0 spiro atoms. The van der Waals surface area contributed by atoms with Crippen LogP contribution in [-0.4, -0.2) is 68.9 Å². The summed E-state index contributed by atoms with van der Waals surface area (Å²) in [7, 11) is 0. The van der Waals surface area contributed by atoms with Crippen molar-refractivity contribution in [1.29, 1.82) is 0 Å². The molecule has 2 atom stereocenters. The molecule has 1 aliphatic heterocycles. The van der Waals surface area contributed by atoms with Crippen molar-refractivity contribution in [1.82, 2.24) is 24.6 Å². The van der Waals surface area contributed by atoms with E-state index in [0.29, 0.717) is 29.9 Å². The fourth-order valence-electron chi connectivity index (χ4n) is 5.39. The standard InChI is InChI=1S/C26H28N10O4S2/c27-14-3-1-2-4-15(14)32-25-33-23(19(22(28)38)24-30-12-31-36(24)25)34-26-29-10-17(41-26)13-11-40-20-16(37)9-18(42-21(13)20)35-5-7-39-8-6-35/h9-12,14-15H,1-8,27H2,(H2,28,38)(H,29,34)(H,32,33)/t14-,15+/m1/s1. The number of hydrogen-bond acceptors (Lipinski definition) is 14. The van der Waals surface area contributed by atoms with Crippen LogP contribution in [0.15, 0.2) is 34.1 Å². The Morgan fingerprint density at radius 1 is 1.14 bits per heavy atom. The number of hydrogen-bond donors (Lipinski definition) is 4. The van der Waals surface area contributed by atoms with Crippen LogP contribution in [-0.2, 0) is 4.74 Å². The van der Waals surface area contributed by atoms with Crippen molar-refractivity contribution in [3.63, 3.8) is 0 Å². The minimum Gasteiger partial charge on any atom is -0.459 e. The predicted octanol–water partition coefficient (Wildman–Crippen LogP) is 2.78. The third-order valence-electron chi connectivity index (χ3n) is 7.56. The average molecular weight is 609 g/mol. The zero-order valence-electron chi connectivity index (χ0n) is 22.4. The number of rotatable bonds is 7. The Bertz CT molecular complexity index is 1840. The normalized spacial score (nSPS) is 19.4. The first kappa shape index (κ1) is 26.8. The number of fused-ring (bicyclic) bond motifs is 2. The number of aromatic nitrogens is 5. The number of carbonyl (C=O) groups excluding carboxylic acids is 1. The van der Waals surface area contributed by atoms with Crippen molar-refractivity contribution in [3.05, 3.63) is 40.6 Å². The lowest BCUT2D eigenvalue weighted by atomic mass is 9.91. The van der Waals surface area contributed by atoms with Crippen molar-refractivity contribution in [2.75, 3.05) is 41.8 Å². The molecule has 0 aromatic carbocycles. The topological polar surface area (TPSA) is 192 Å². The second-order valence-corrected chi connectivity index (χ2v) is 12.3. The zero-order valence-corrected chi connectivity index (χ0v) is 24.0. The van der Waals surface area contributed by atoms with Gasteiger partial charge in [0.15, 0.2) is 22.2 Å². The van der Waals surface area contributed by atoms with Gasteiger partial charge in [-0.1, -0.05) is 24.2 Å². The minimum absolute atomic E-state index is 0.00118. The highest BCUT2D eigenvalue weighted by Crippen LogP contribution is 2.40. The Balaban J connectivity index is 1.23. The third kappa shape index (κ3) is 4.85. The molecule has 0 unspecified atom stereocenters. The van der Waals surface area contributed by atoms with Crippen LogP contribution in [0.25, 0.3) is 26.4 Å². The average Bonchev–Trinajstić information content (AvgIpc) is 3.75. The molecule has 1 amide bonds. The highest BCUT2D eigenvalue weighted by molar-refractivity contribution is 7.23. The molecule has 1 saturated heterocycles. The number of nitrogens with zero attached hydrogens (tertiary/aromatic N) is 6. The van der Waals surface area contributed by atoms with Gasteiger partial charge in [-0.25, -0.2) is 9.97 Å². The van der Waals surface area contributed by atoms with Gasteiger partial charge in [0.1, 0.15) is 18.2 Å². The van der Waals surface area contributed by atoms with E-state index < -0.39 is 5.91 Å². The van der Waals surface area contributed by atoms with E-state index in [2.05, 4.69) is 30.6 Å². The number of amides is 1. The molecule has 2 aliphatic rings. The second-order valence-electron chi connectivity index (χ2n) is 10.2. The molecule has 5 aromatic heterocycles. The van der Waals surface area contributed by atoms with Gasteiger partial charge >= 0.3 is 0 Å². The molecule has 6 heterocycles. The number of thiazole rings is 1. The summed E-state index contributed by atoms with van der Waals surface area (Å²) in [6.45, 7) is 2.68. The number of nitrogens with two attached hydrogens (primary N) is 2. The molecule has 7 rings (SSSR count). The van der Waals surface area contributed by atoms with Crippen LogP contribution < -0.4 is 32.4 Å². The van der Waals surface area contributed by atoms with Crippen LogP contribution >= 0.6 is 22.7 Å². The summed E-state index contributed by atoms with van der Waals surface area (Å²) in [4.78, 5) is 41.8. The molecule has 6 N–H and O–H groups in total. The first-order valence-electron chi connectivity index (χ1n) is 13.6. The molecule has 218 valence electrons. The van der Waals surface area contributed by atoms with Gasteiger partial charge in [0, 0.05) is 43.0 Å². The zero-order chi connectivity index (χ0) is 28.8. The largest absolute Gasteiger partial charge is 0.459 e. The molecule has 2 fully saturated rings. The maximum atomic E-state index is 12.9. The van der Waals surface area contributed by atoms with Gasteiger partial charge in [0.25, 0.3) is 5.91 Å². The van der Waals surface area contributed by atoms with Gasteiger partial charge < -0.3 is 36.2 Å². The number of ether oxygens (including phenoxy) is 1. The second kappa shape index (κ2) is 10.9. The fourth-order valence-corrected chi connectivity index (χ4v) is 7.48. The van der Waals surface area contributed by atoms with Crippen molar-refractivity contribution >= 4 is 66.4 Å². The lowest BCUT2D eigenvalue weighted by Gasteiger charge is -2.29. The minimum atomic E-state index is -0.707. The third-order valence-corrected chi connectivity index (χ3v) is 9.70. The Kier molecular flexibility index (Phi) is 6.97. The monoisotopic (exact) mass is 608 g/mol. The maximum Gasteiger partial charge on any atom is 0.256 e. The van der Waals surface area contributed by atoms with E-state index in [4.69, 9.17) is 25.6 Å². The van der Waals surface area contributed by atoms with Crippen LogP contribution in [0.1, 0.15) is 36.0 Å². The van der Waals surface area contributed by atoms with Crippen molar-refractivity contribution in [2.24, 2.45) is 11.5 Å². The maximum absolute atomic E-state index is 12.9. The van der Waals surface area contributed by atoms with E-state index in [1.54, 1.807) is 18.5 Å². The van der Waals surface area contributed by atoms with Crippen LogP contribution in [0.3, 0.4) is 0 Å². The summed E-state index contributed by atoms with van der Waals surface area (Å²) in [6, 6.07) is 1.59. The molecular weight excluding hydrogens is 580 g/mol. The first-order chi connectivity index (χ1) is 20.5. The van der Waals surface area contributed by atoms with Gasteiger partial charge in [0.05, 0.1) is 27.8 Å². The number of furan rings is 1. The number of anilines is 4. The molecule has 0 bridgehead atoms. The van der Waals surface area contributed by atoms with Crippen LogP contribution in [0.5, 0.6) is 0 Å². The summed E-state index contributed by atoms with van der Waals surface area (Å²) in [6.07, 6.45) is 8.57. The van der Waals surface area contributed by atoms with E-state index in [0.717, 1.165) is 58.9 Å². The molecule has 1 saturated carbocycles. The number of nitrogens with one attached hydrogen (secondary N) is 2. The van der Waals surface area contributed by atoms with E-state index in [1.807, 2.05) is 0 Å². The lowest BCUT2D eigenvalue weighted by Crippen LogP contribution is -2.43. The van der Waals surface area contributed by atoms with Crippen LogP contribution in [0, 0.1) is 0 Å². The highest BCUT2D eigenvalue weighted by Gasteiger charge is 2.27. The van der Waals surface area contributed by atoms with Crippen LogP contribution in [0.4, 0.5) is 21.9 Å². The predicted molar refractivity (Wildman–Crippen MR) is 161 cm³/mol. The van der Waals surface area contributed by atoms with Crippen molar-refractivity contribution in [2.45, 2.75) is 37.8 Å². The van der Waals surface area contributed by atoms with Gasteiger partial charge in [-0.3, -0.25) is 9.59 Å². The summed E-state index contributed by atoms with van der Waals surface area (Å²) in [5.41, 5.74) is 13.4. The molecule has 1 aliphatic carbocycles. The Morgan fingerprint density at radius 3 is 2.79 bits per heavy atom. The van der Waals surface area contributed by atoms with Crippen molar-refractivity contribution in [3.8, 4) is 10.4 Å². The molecule has 5 aromatic rings. The molecule has 16 heteroatoms. The fraction of sp³-hybridized carbons (Fsp3) is 0.385. The summed E-state index contributed by atoms with van der Waals surface area (Å²) >= 11 is 2.83. The number of morpholine rings is 1. The van der Waals surface area contributed by atoms with Gasteiger partial charge in [-0.05, 0) is 12.8 Å². The summed E-state index contributed by atoms with van der Waals surface area (Å²) in [5, 5.41) is 12.2. The van der Waals surface area contributed by atoms with E-state index in [1.165, 1.54) is 33.5 Å². The van der Waals surface area contributed by atoms with Gasteiger partial charge in [-0.15, -0.1) is 11.3 Å². The summed E-state index contributed by atoms with van der Waals surface area (Å²) < 4.78 is 13.4. The number of carbonyl (C=O) groups is 1. The van der Waals surface area contributed by atoms with Crippen molar-refractivity contribution < 1.29 is 13.9 Å². The highest BCUT2D eigenvalue weighted by atomic mass is 32.1. The Morgan fingerprint density at radius 2 is 1.98 bits per heavy atom. The molecule has 14 nitrogen and oxygen atoms in total. The first-order valence-corrected chi connectivity index (χ1v) is 15.3. The number of primary amides is 1. The van der Waals surface area contributed by atoms with Gasteiger partial charge in [0.2, 0.25) is 11.4 Å². The smallest absolute Gasteiger partial charge is 0.256 e. The Labute approximate surface area is 246 Å². The lowest BCUT2D eigenvalue weighted by molar-refractivity contribution is 0.100. The molecule has 42 heavy (non-hydrogen) atoms. The van der Waals surface area contributed by atoms with E-state index in [-0.39, 0.29) is 34.5 Å². The molecule has 0 radical (unpaired) electrons. The summed E-state index contributed by atoms with van der Waals surface area (Å²) in [5.74, 6) is -0.107.